The van der Waals surface area contributed by atoms with Crippen LogP contribution in [0.5, 0.6) is 0 Å². The van der Waals surface area contributed by atoms with Crippen molar-refractivity contribution in [1.29, 1.82) is 0 Å². The van der Waals surface area contributed by atoms with Gasteiger partial charge in [0.2, 0.25) is 0 Å². The maximum atomic E-state index is 6.05. The summed E-state index contributed by atoms with van der Waals surface area (Å²) >= 11 is 6.01. The van der Waals surface area contributed by atoms with Crippen LogP contribution in [-0.2, 0) is 4.74 Å². The van der Waals surface area contributed by atoms with Crippen LogP contribution in [0.2, 0.25) is 5.02 Å². The smallest absolute Gasteiger partial charge is 0.191 e. The number of hydrogen-bond acceptors (Lipinski definition) is 2. The molecule has 1 heterocycles. The lowest BCUT2D eigenvalue weighted by Gasteiger charge is -2.27. The van der Waals surface area contributed by atoms with Crippen LogP contribution in [0.4, 0.5) is 0 Å². The van der Waals surface area contributed by atoms with E-state index < -0.39 is 0 Å². The molecule has 2 fully saturated rings. The van der Waals surface area contributed by atoms with Gasteiger partial charge in [-0.2, -0.15) is 0 Å². The summed E-state index contributed by atoms with van der Waals surface area (Å²) in [4.78, 5) is 6.72. The van der Waals surface area contributed by atoms with Crippen molar-refractivity contribution in [3.8, 4) is 0 Å². The van der Waals surface area contributed by atoms with Crippen molar-refractivity contribution in [1.82, 2.24) is 4.90 Å². The first kappa shape index (κ1) is 12.8. The molecule has 2 N–H and O–H groups in total. The van der Waals surface area contributed by atoms with Crippen LogP contribution in [-0.4, -0.2) is 43.2 Å². The Balaban J connectivity index is 1.63. The van der Waals surface area contributed by atoms with Crippen LogP contribution >= 0.6 is 11.6 Å². The molecule has 1 saturated carbocycles. The van der Waals surface area contributed by atoms with Crippen molar-refractivity contribution in [2.75, 3.05) is 26.3 Å². The third-order valence-corrected chi connectivity index (χ3v) is 3.90. The van der Waals surface area contributed by atoms with Crippen LogP contribution in [0.25, 0.3) is 0 Å². The maximum Gasteiger partial charge on any atom is 0.191 e. The summed E-state index contributed by atoms with van der Waals surface area (Å²) in [6.07, 6.45) is 1.06. The van der Waals surface area contributed by atoms with Gasteiger partial charge in [-0.05, 0) is 24.1 Å². The van der Waals surface area contributed by atoms with E-state index in [1.165, 1.54) is 5.56 Å². The van der Waals surface area contributed by atoms with E-state index in [1.807, 2.05) is 18.2 Å². The van der Waals surface area contributed by atoms with Gasteiger partial charge in [-0.1, -0.05) is 23.7 Å². The molecule has 3 rings (SSSR count). The predicted molar refractivity (Wildman–Crippen MR) is 76.6 cm³/mol. The zero-order chi connectivity index (χ0) is 13.2. The summed E-state index contributed by atoms with van der Waals surface area (Å²) < 4.78 is 5.31. The van der Waals surface area contributed by atoms with Crippen LogP contribution in [0.1, 0.15) is 17.9 Å². The first-order valence-electron chi connectivity index (χ1n) is 6.65. The number of nitrogens with zero attached hydrogens (tertiary/aromatic N) is 2. The lowest BCUT2D eigenvalue weighted by molar-refractivity contribution is 0.0674. The zero-order valence-electron chi connectivity index (χ0n) is 10.8. The Bertz CT molecular complexity index is 485. The molecule has 0 aromatic heterocycles. The highest BCUT2D eigenvalue weighted by Crippen LogP contribution is 2.44. The number of aliphatic imine (C=N–C) groups is 1. The number of halogens is 1. The quantitative estimate of drug-likeness (QED) is 0.664. The standard InChI is InChI=1S/C14H18ClN3O/c15-11-3-1-2-10(8-11)12-9-13(12)17-14(16)18-4-6-19-7-5-18/h1-3,8,12-13H,4-7,9H2,(H2,16,17)/t12-,13+/m0/s1. The molecular formula is C14H18ClN3O. The number of rotatable bonds is 2. The molecule has 1 aliphatic carbocycles. The number of nitrogens with two attached hydrogens (primary N) is 1. The molecule has 0 spiro atoms. The molecule has 0 unspecified atom stereocenters. The van der Waals surface area contributed by atoms with Gasteiger partial charge in [0.05, 0.1) is 19.3 Å². The molecule has 102 valence electrons. The average molecular weight is 280 g/mol. The van der Waals surface area contributed by atoms with Gasteiger partial charge in [-0.3, -0.25) is 0 Å². The Labute approximate surface area is 118 Å². The SMILES string of the molecule is NC(=N[C@@H]1C[C@H]1c1cccc(Cl)c1)N1CCOCC1. The Morgan fingerprint density at radius 1 is 1.37 bits per heavy atom. The molecular weight excluding hydrogens is 262 g/mol. The van der Waals surface area contributed by atoms with Gasteiger partial charge in [0.15, 0.2) is 5.96 Å². The van der Waals surface area contributed by atoms with Gasteiger partial charge in [-0.25, -0.2) is 4.99 Å². The fraction of sp³-hybridized carbons (Fsp3) is 0.500. The monoisotopic (exact) mass is 279 g/mol. The number of hydrogen-bond donors (Lipinski definition) is 1. The van der Waals surface area contributed by atoms with Gasteiger partial charge >= 0.3 is 0 Å². The Morgan fingerprint density at radius 3 is 2.89 bits per heavy atom. The van der Waals surface area contributed by atoms with E-state index in [-0.39, 0.29) is 0 Å². The lowest BCUT2D eigenvalue weighted by Crippen LogP contribution is -2.45. The average Bonchev–Trinajstić information content (AvgIpc) is 3.19. The Morgan fingerprint density at radius 2 is 2.16 bits per heavy atom. The number of morpholine rings is 1. The minimum atomic E-state index is 0.307. The van der Waals surface area contributed by atoms with Crippen molar-refractivity contribution in [2.45, 2.75) is 18.4 Å². The maximum absolute atomic E-state index is 6.05. The number of ether oxygens (including phenoxy) is 1. The number of guanidine groups is 1. The van der Waals surface area contributed by atoms with Gasteiger partial charge in [0.1, 0.15) is 0 Å². The van der Waals surface area contributed by atoms with E-state index >= 15 is 0 Å². The Kier molecular flexibility index (Phi) is 3.62. The van der Waals surface area contributed by atoms with E-state index in [0.29, 0.717) is 17.9 Å². The van der Waals surface area contributed by atoms with E-state index in [2.05, 4.69) is 16.0 Å². The summed E-state index contributed by atoms with van der Waals surface area (Å²) in [5.74, 6) is 1.12. The third-order valence-electron chi connectivity index (χ3n) is 3.67. The molecule has 1 aliphatic heterocycles. The van der Waals surface area contributed by atoms with Crippen LogP contribution in [0.15, 0.2) is 29.3 Å². The fourth-order valence-corrected chi connectivity index (χ4v) is 2.66. The summed E-state index contributed by atoms with van der Waals surface area (Å²) in [6.45, 7) is 3.14. The normalized spacial score (nSPS) is 27.4. The van der Waals surface area contributed by atoms with Gasteiger partial charge < -0.3 is 15.4 Å². The minimum absolute atomic E-state index is 0.307. The predicted octanol–water partition coefficient (Wildman–Crippen LogP) is 1.84. The van der Waals surface area contributed by atoms with Crippen LogP contribution < -0.4 is 5.73 Å². The molecule has 0 bridgehead atoms. The molecule has 19 heavy (non-hydrogen) atoms. The van der Waals surface area contributed by atoms with E-state index in [0.717, 1.165) is 37.7 Å². The summed E-state index contributed by atoms with van der Waals surface area (Å²) in [5, 5.41) is 0.785. The van der Waals surface area contributed by atoms with E-state index in [9.17, 15) is 0 Å². The second-order valence-electron chi connectivity index (χ2n) is 5.05. The summed E-state index contributed by atoms with van der Waals surface area (Å²) in [6, 6.07) is 8.32. The molecule has 1 aromatic rings. The van der Waals surface area contributed by atoms with Gasteiger partial charge in [-0.15, -0.1) is 0 Å². The summed E-state index contributed by atoms with van der Waals surface area (Å²) in [5.41, 5.74) is 7.31. The van der Waals surface area contributed by atoms with Crippen molar-refractivity contribution >= 4 is 17.6 Å². The first-order chi connectivity index (χ1) is 9.24. The van der Waals surface area contributed by atoms with E-state index in [4.69, 9.17) is 22.1 Å². The van der Waals surface area contributed by atoms with Crippen LogP contribution in [0.3, 0.4) is 0 Å². The second-order valence-corrected chi connectivity index (χ2v) is 5.49. The molecule has 4 nitrogen and oxygen atoms in total. The lowest BCUT2D eigenvalue weighted by atomic mass is 10.1. The highest BCUT2D eigenvalue weighted by molar-refractivity contribution is 6.30. The molecule has 0 amide bonds. The highest BCUT2D eigenvalue weighted by atomic mass is 35.5. The van der Waals surface area contributed by atoms with Gasteiger partial charge in [0, 0.05) is 24.0 Å². The fourth-order valence-electron chi connectivity index (χ4n) is 2.46. The molecule has 2 aliphatic rings. The second kappa shape index (κ2) is 5.39. The van der Waals surface area contributed by atoms with Crippen LogP contribution in [0, 0.1) is 0 Å². The van der Waals surface area contributed by atoms with Crippen molar-refractivity contribution in [2.24, 2.45) is 10.7 Å². The van der Waals surface area contributed by atoms with Crippen molar-refractivity contribution in [3.05, 3.63) is 34.9 Å². The largest absolute Gasteiger partial charge is 0.378 e. The third kappa shape index (κ3) is 3.01. The minimum Gasteiger partial charge on any atom is -0.378 e. The molecule has 1 aromatic carbocycles. The first-order valence-corrected chi connectivity index (χ1v) is 7.03. The molecule has 1 saturated heterocycles. The Hall–Kier alpha value is -1.26. The molecule has 2 atom stereocenters. The highest BCUT2D eigenvalue weighted by Gasteiger charge is 2.39. The number of benzene rings is 1. The topological polar surface area (TPSA) is 50.8 Å². The van der Waals surface area contributed by atoms with Crippen molar-refractivity contribution < 1.29 is 4.74 Å². The molecule has 5 heteroatoms. The van der Waals surface area contributed by atoms with Crippen molar-refractivity contribution in [3.63, 3.8) is 0 Å². The molecule has 0 radical (unpaired) electrons. The van der Waals surface area contributed by atoms with E-state index in [1.54, 1.807) is 0 Å². The summed E-state index contributed by atoms with van der Waals surface area (Å²) in [7, 11) is 0. The zero-order valence-corrected chi connectivity index (χ0v) is 11.5. The van der Waals surface area contributed by atoms with Gasteiger partial charge in [0.25, 0.3) is 0 Å².